The SMILES string of the molecule is CCn1ncc(C(=O)c2ccc(S(C)(=O)=O)c(OCCOC)c2C)c1OC(C)OC(C)=O. The molecule has 0 aliphatic rings. The quantitative estimate of drug-likeness (QED) is 0.211. The summed E-state index contributed by atoms with van der Waals surface area (Å²) in [6, 6.07) is 2.77. The lowest BCUT2D eigenvalue weighted by molar-refractivity contribution is -0.159. The first-order valence-electron chi connectivity index (χ1n) is 9.91. The number of benzene rings is 1. The summed E-state index contributed by atoms with van der Waals surface area (Å²) in [6.07, 6.45) is 1.49. The highest BCUT2D eigenvalue weighted by Crippen LogP contribution is 2.33. The number of aryl methyl sites for hydroxylation is 1. The lowest BCUT2D eigenvalue weighted by Crippen LogP contribution is -2.22. The van der Waals surface area contributed by atoms with E-state index in [0.717, 1.165) is 6.26 Å². The van der Waals surface area contributed by atoms with Gasteiger partial charge in [-0.15, -0.1) is 0 Å². The number of hydrogen-bond donors (Lipinski definition) is 0. The number of carbonyl (C=O) groups is 2. The predicted octanol–water partition coefficient (Wildman–Crippen LogP) is 2.16. The third-order valence-electron chi connectivity index (χ3n) is 4.49. The Morgan fingerprint density at radius 2 is 1.88 bits per heavy atom. The Morgan fingerprint density at radius 3 is 2.44 bits per heavy atom. The van der Waals surface area contributed by atoms with E-state index >= 15 is 0 Å². The van der Waals surface area contributed by atoms with E-state index in [2.05, 4.69) is 5.10 Å². The monoisotopic (exact) mass is 468 g/mol. The van der Waals surface area contributed by atoms with Crippen LogP contribution in [0.4, 0.5) is 0 Å². The van der Waals surface area contributed by atoms with E-state index in [1.165, 1.54) is 44.0 Å². The van der Waals surface area contributed by atoms with Crippen LogP contribution in [0.3, 0.4) is 0 Å². The molecule has 0 amide bonds. The number of hydrogen-bond acceptors (Lipinski definition) is 9. The average molecular weight is 469 g/mol. The molecule has 11 heteroatoms. The van der Waals surface area contributed by atoms with Gasteiger partial charge in [0.25, 0.3) is 0 Å². The minimum Gasteiger partial charge on any atom is -0.490 e. The third kappa shape index (κ3) is 5.86. The molecule has 2 aromatic rings. The van der Waals surface area contributed by atoms with E-state index in [1.54, 1.807) is 6.92 Å². The second kappa shape index (κ2) is 10.6. The number of carbonyl (C=O) groups excluding carboxylic acids is 2. The molecule has 1 aromatic carbocycles. The number of aromatic nitrogens is 2. The molecule has 0 fully saturated rings. The second-order valence-corrected chi connectivity index (χ2v) is 8.97. The highest BCUT2D eigenvalue weighted by Gasteiger charge is 2.27. The van der Waals surface area contributed by atoms with Gasteiger partial charge in [0.05, 0.1) is 12.8 Å². The molecular weight excluding hydrogens is 440 g/mol. The molecule has 1 aromatic heterocycles. The lowest BCUT2D eigenvalue weighted by Gasteiger charge is -2.17. The van der Waals surface area contributed by atoms with Crippen molar-refractivity contribution in [2.45, 2.75) is 45.4 Å². The third-order valence-corrected chi connectivity index (χ3v) is 5.61. The normalized spacial score (nSPS) is 12.3. The fourth-order valence-corrected chi connectivity index (χ4v) is 3.91. The van der Waals surface area contributed by atoms with E-state index < -0.39 is 27.9 Å². The Labute approximate surface area is 187 Å². The van der Waals surface area contributed by atoms with Gasteiger partial charge in [0.15, 0.2) is 15.6 Å². The number of sulfone groups is 1. The highest BCUT2D eigenvalue weighted by molar-refractivity contribution is 7.90. The zero-order chi connectivity index (χ0) is 24.1. The van der Waals surface area contributed by atoms with Gasteiger partial charge in [-0.2, -0.15) is 5.10 Å². The largest absolute Gasteiger partial charge is 0.490 e. The van der Waals surface area contributed by atoms with Gasteiger partial charge in [0.1, 0.15) is 22.8 Å². The van der Waals surface area contributed by atoms with Crippen LogP contribution in [-0.2, 0) is 30.7 Å². The van der Waals surface area contributed by atoms with Crippen molar-refractivity contribution in [3.05, 3.63) is 35.0 Å². The smallest absolute Gasteiger partial charge is 0.305 e. The van der Waals surface area contributed by atoms with Crippen molar-refractivity contribution < 1.29 is 37.0 Å². The Bertz CT molecular complexity index is 1090. The van der Waals surface area contributed by atoms with Crippen molar-refractivity contribution in [1.29, 1.82) is 0 Å². The number of methoxy groups -OCH3 is 1. The van der Waals surface area contributed by atoms with Gasteiger partial charge in [-0.05, 0) is 26.0 Å². The van der Waals surface area contributed by atoms with Crippen LogP contribution in [0.2, 0.25) is 0 Å². The van der Waals surface area contributed by atoms with Crippen LogP contribution in [-0.4, -0.2) is 62.8 Å². The van der Waals surface area contributed by atoms with Gasteiger partial charge in [0, 0.05) is 44.9 Å². The highest BCUT2D eigenvalue weighted by atomic mass is 32.2. The summed E-state index contributed by atoms with van der Waals surface area (Å²) in [5.41, 5.74) is 0.728. The fraction of sp³-hybridized carbons (Fsp3) is 0.476. The molecule has 0 N–H and O–H groups in total. The summed E-state index contributed by atoms with van der Waals surface area (Å²) in [6.45, 7) is 6.97. The Balaban J connectivity index is 2.52. The standard InChI is InChI=1S/C21H28N2O8S/c1-7-23-21(31-15(4)30-14(3)24)17(12-22-23)19(25)16-8-9-18(32(6,26)27)20(13(16)2)29-11-10-28-5/h8-9,12,15H,7,10-11H2,1-6H3. The van der Waals surface area contributed by atoms with E-state index in [9.17, 15) is 18.0 Å². The topological polar surface area (TPSA) is 123 Å². The van der Waals surface area contributed by atoms with Crippen LogP contribution in [0.25, 0.3) is 0 Å². The van der Waals surface area contributed by atoms with Crippen molar-refractivity contribution in [2.24, 2.45) is 0 Å². The van der Waals surface area contributed by atoms with Crippen LogP contribution in [0.5, 0.6) is 11.6 Å². The summed E-state index contributed by atoms with van der Waals surface area (Å²) < 4.78 is 47.2. The van der Waals surface area contributed by atoms with Crippen LogP contribution in [0.15, 0.2) is 23.2 Å². The summed E-state index contributed by atoms with van der Waals surface area (Å²) in [5, 5.41) is 4.17. The van der Waals surface area contributed by atoms with Gasteiger partial charge >= 0.3 is 5.97 Å². The fourth-order valence-electron chi connectivity index (χ4n) is 3.05. The second-order valence-electron chi connectivity index (χ2n) is 6.98. The molecule has 1 atom stereocenters. The van der Waals surface area contributed by atoms with Crippen molar-refractivity contribution in [3.63, 3.8) is 0 Å². The van der Waals surface area contributed by atoms with Crippen LogP contribution >= 0.6 is 0 Å². The van der Waals surface area contributed by atoms with Crippen molar-refractivity contribution in [2.75, 3.05) is 26.6 Å². The number of ether oxygens (including phenoxy) is 4. The number of ketones is 1. The average Bonchev–Trinajstić information content (AvgIpc) is 3.09. The molecule has 0 saturated carbocycles. The minimum atomic E-state index is -3.60. The summed E-state index contributed by atoms with van der Waals surface area (Å²) in [7, 11) is -2.10. The van der Waals surface area contributed by atoms with E-state index in [0.29, 0.717) is 12.1 Å². The minimum absolute atomic E-state index is 0.0214. The van der Waals surface area contributed by atoms with Crippen LogP contribution in [0.1, 0.15) is 42.3 Å². The molecule has 0 saturated heterocycles. The van der Waals surface area contributed by atoms with Gasteiger partial charge in [-0.3, -0.25) is 9.59 Å². The van der Waals surface area contributed by atoms with Gasteiger partial charge in [-0.1, -0.05) is 0 Å². The molecule has 32 heavy (non-hydrogen) atoms. The molecule has 2 rings (SSSR count). The Kier molecular flexibility index (Phi) is 8.39. The first-order valence-corrected chi connectivity index (χ1v) is 11.8. The molecule has 0 bridgehead atoms. The zero-order valence-corrected chi connectivity index (χ0v) is 19.8. The van der Waals surface area contributed by atoms with E-state index in [-0.39, 0.29) is 40.9 Å². The first kappa shape index (κ1) is 25.3. The zero-order valence-electron chi connectivity index (χ0n) is 19.0. The van der Waals surface area contributed by atoms with Gasteiger partial charge < -0.3 is 18.9 Å². The number of nitrogens with zero attached hydrogens (tertiary/aromatic N) is 2. The first-order chi connectivity index (χ1) is 15.0. The maximum atomic E-state index is 13.4. The van der Waals surface area contributed by atoms with Crippen molar-refractivity contribution in [3.8, 4) is 11.6 Å². The molecule has 176 valence electrons. The molecule has 10 nitrogen and oxygen atoms in total. The van der Waals surface area contributed by atoms with E-state index in [4.69, 9.17) is 18.9 Å². The Morgan fingerprint density at radius 1 is 1.19 bits per heavy atom. The molecule has 0 aliphatic carbocycles. The molecule has 0 radical (unpaired) electrons. The molecule has 1 heterocycles. The van der Waals surface area contributed by atoms with Crippen LogP contribution < -0.4 is 9.47 Å². The maximum Gasteiger partial charge on any atom is 0.305 e. The van der Waals surface area contributed by atoms with Crippen molar-refractivity contribution in [1.82, 2.24) is 9.78 Å². The van der Waals surface area contributed by atoms with Gasteiger partial charge in [0.2, 0.25) is 12.2 Å². The predicted molar refractivity (Wildman–Crippen MR) is 115 cm³/mol. The van der Waals surface area contributed by atoms with Crippen molar-refractivity contribution >= 4 is 21.6 Å². The summed E-state index contributed by atoms with van der Waals surface area (Å²) >= 11 is 0. The van der Waals surface area contributed by atoms with E-state index in [1.807, 2.05) is 6.92 Å². The van der Waals surface area contributed by atoms with Gasteiger partial charge in [-0.25, -0.2) is 13.1 Å². The molecule has 0 spiro atoms. The maximum absolute atomic E-state index is 13.4. The number of esters is 1. The summed E-state index contributed by atoms with van der Waals surface area (Å²) in [4.78, 5) is 24.6. The number of rotatable bonds is 11. The summed E-state index contributed by atoms with van der Waals surface area (Å²) in [5.74, 6) is -0.740. The molecule has 1 unspecified atom stereocenters. The lowest BCUT2D eigenvalue weighted by atomic mass is 10.00. The van der Waals surface area contributed by atoms with Crippen LogP contribution in [0, 0.1) is 6.92 Å². The molecule has 0 aliphatic heterocycles. The molecular formula is C21H28N2O8S. The Hall–Kier alpha value is -2.92.